The number of aromatic nitrogens is 2. The number of carbonyl (C=O) groups excluding carboxylic acids is 1. The van der Waals surface area contributed by atoms with Crippen molar-refractivity contribution in [3.05, 3.63) is 18.0 Å². The molecule has 2 atom stereocenters. The minimum absolute atomic E-state index is 0.111. The summed E-state index contributed by atoms with van der Waals surface area (Å²) in [4.78, 5) is 14.6. The number of likely N-dealkylation sites (tertiary alicyclic amines) is 1. The van der Waals surface area contributed by atoms with Gasteiger partial charge in [-0.1, -0.05) is 26.7 Å². The van der Waals surface area contributed by atoms with E-state index in [0.717, 1.165) is 13.1 Å². The first-order valence-corrected chi connectivity index (χ1v) is 7.98. The van der Waals surface area contributed by atoms with Crippen molar-refractivity contribution in [2.75, 3.05) is 13.1 Å². The molecule has 2 aliphatic rings. The lowest BCUT2D eigenvalue weighted by Crippen LogP contribution is -2.42. The zero-order valence-electron chi connectivity index (χ0n) is 12.6. The van der Waals surface area contributed by atoms with Crippen LogP contribution in [0.4, 0.5) is 0 Å². The molecule has 0 aromatic carbocycles. The monoisotopic (exact) mass is 275 g/mol. The molecule has 0 bridgehead atoms. The summed E-state index contributed by atoms with van der Waals surface area (Å²) >= 11 is 0. The van der Waals surface area contributed by atoms with E-state index in [2.05, 4.69) is 18.9 Å². The predicted octanol–water partition coefficient (Wildman–Crippen LogP) is 3.12. The fourth-order valence-corrected chi connectivity index (χ4v) is 3.82. The van der Waals surface area contributed by atoms with Crippen molar-refractivity contribution in [2.24, 2.45) is 11.8 Å². The highest BCUT2D eigenvalue weighted by Gasteiger charge is 2.28. The lowest BCUT2D eigenvalue weighted by molar-refractivity contribution is 0.0616. The Morgan fingerprint density at radius 2 is 1.85 bits per heavy atom. The Labute approximate surface area is 121 Å². The second-order valence-electron chi connectivity index (χ2n) is 6.78. The molecule has 1 amide bonds. The lowest BCUT2D eigenvalue weighted by atomic mass is 9.92. The molecule has 0 unspecified atom stereocenters. The Morgan fingerprint density at radius 1 is 1.20 bits per heavy atom. The second kappa shape index (κ2) is 5.58. The SMILES string of the molecule is C[C@@H]1C[C@H](C)CN(C(=O)c2ccn(C3CCCC3)n2)C1. The molecule has 1 aliphatic heterocycles. The lowest BCUT2D eigenvalue weighted by Gasteiger charge is -2.34. The van der Waals surface area contributed by atoms with Crippen molar-refractivity contribution in [3.63, 3.8) is 0 Å². The van der Waals surface area contributed by atoms with Gasteiger partial charge in [-0.2, -0.15) is 5.10 Å². The maximum atomic E-state index is 12.6. The Balaban J connectivity index is 1.70. The summed E-state index contributed by atoms with van der Waals surface area (Å²) in [5.41, 5.74) is 0.623. The Kier molecular flexibility index (Phi) is 3.81. The normalized spacial score (nSPS) is 28.0. The van der Waals surface area contributed by atoms with Crippen LogP contribution in [0.15, 0.2) is 12.3 Å². The molecule has 110 valence electrons. The summed E-state index contributed by atoms with van der Waals surface area (Å²) in [7, 11) is 0. The van der Waals surface area contributed by atoms with E-state index in [1.165, 1.54) is 32.1 Å². The summed E-state index contributed by atoms with van der Waals surface area (Å²) < 4.78 is 2.01. The number of amides is 1. The molecule has 0 N–H and O–H groups in total. The van der Waals surface area contributed by atoms with Crippen molar-refractivity contribution in [3.8, 4) is 0 Å². The van der Waals surface area contributed by atoms with Gasteiger partial charge in [0.25, 0.3) is 5.91 Å². The van der Waals surface area contributed by atoms with Crippen molar-refractivity contribution in [2.45, 2.75) is 52.0 Å². The quantitative estimate of drug-likeness (QED) is 0.831. The first-order valence-electron chi connectivity index (χ1n) is 7.98. The molecule has 2 heterocycles. The molecule has 1 aliphatic carbocycles. The third-order valence-corrected chi connectivity index (χ3v) is 4.68. The van der Waals surface area contributed by atoms with Gasteiger partial charge in [0.1, 0.15) is 5.69 Å². The summed E-state index contributed by atoms with van der Waals surface area (Å²) in [5, 5.41) is 4.54. The Bertz CT molecular complexity index is 466. The van der Waals surface area contributed by atoms with Crippen LogP contribution in [0.3, 0.4) is 0 Å². The highest BCUT2D eigenvalue weighted by Crippen LogP contribution is 2.29. The molecule has 0 radical (unpaired) electrons. The molecular weight excluding hydrogens is 250 g/mol. The molecule has 1 aromatic rings. The van der Waals surface area contributed by atoms with E-state index in [9.17, 15) is 4.79 Å². The molecule has 3 rings (SSSR count). The van der Waals surface area contributed by atoms with E-state index in [1.807, 2.05) is 21.8 Å². The molecular formula is C16H25N3O. The molecule has 1 saturated heterocycles. The summed E-state index contributed by atoms with van der Waals surface area (Å²) in [6, 6.07) is 2.40. The second-order valence-corrected chi connectivity index (χ2v) is 6.78. The van der Waals surface area contributed by atoms with Gasteiger partial charge in [0.2, 0.25) is 0 Å². The average Bonchev–Trinajstić information content (AvgIpc) is 3.07. The number of hydrogen-bond acceptors (Lipinski definition) is 2. The largest absolute Gasteiger partial charge is 0.337 e. The molecule has 20 heavy (non-hydrogen) atoms. The zero-order valence-corrected chi connectivity index (χ0v) is 12.6. The van der Waals surface area contributed by atoms with E-state index in [-0.39, 0.29) is 5.91 Å². The zero-order chi connectivity index (χ0) is 14.1. The van der Waals surface area contributed by atoms with Gasteiger partial charge in [0.15, 0.2) is 0 Å². The first kappa shape index (κ1) is 13.7. The summed E-state index contributed by atoms with van der Waals surface area (Å²) in [6.07, 6.45) is 8.18. The number of carbonyl (C=O) groups is 1. The van der Waals surface area contributed by atoms with Crippen molar-refractivity contribution in [1.29, 1.82) is 0 Å². The Hall–Kier alpha value is -1.32. The van der Waals surface area contributed by atoms with Crippen molar-refractivity contribution >= 4 is 5.91 Å². The smallest absolute Gasteiger partial charge is 0.274 e. The maximum absolute atomic E-state index is 12.6. The van der Waals surface area contributed by atoms with E-state index in [4.69, 9.17) is 0 Å². The molecule has 4 heteroatoms. The number of hydrogen-bond donors (Lipinski definition) is 0. The molecule has 4 nitrogen and oxygen atoms in total. The van der Waals surface area contributed by atoms with Crippen LogP contribution in [0.2, 0.25) is 0 Å². The van der Waals surface area contributed by atoms with Gasteiger partial charge in [-0.25, -0.2) is 0 Å². The van der Waals surface area contributed by atoms with Crippen LogP contribution in [0.1, 0.15) is 62.5 Å². The van der Waals surface area contributed by atoms with Crippen molar-refractivity contribution in [1.82, 2.24) is 14.7 Å². The predicted molar refractivity (Wildman–Crippen MR) is 78.6 cm³/mol. The van der Waals surface area contributed by atoms with Crippen LogP contribution >= 0.6 is 0 Å². The van der Waals surface area contributed by atoms with E-state index in [1.54, 1.807) is 0 Å². The standard InChI is InChI=1S/C16H25N3O/c1-12-9-13(2)11-18(10-12)16(20)15-7-8-19(17-15)14-5-3-4-6-14/h7-8,12-14H,3-6,9-11H2,1-2H3/t12-,13+. The number of piperidine rings is 1. The summed E-state index contributed by atoms with van der Waals surface area (Å²) in [5.74, 6) is 1.30. The highest BCUT2D eigenvalue weighted by atomic mass is 16.2. The molecule has 0 spiro atoms. The number of rotatable bonds is 2. The van der Waals surface area contributed by atoms with E-state index in [0.29, 0.717) is 23.6 Å². The van der Waals surface area contributed by atoms with Gasteiger partial charge in [-0.05, 0) is 37.2 Å². The minimum Gasteiger partial charge on any atom is -0.337 e. The average molecular weight is 275 g/mol. The third kappa shape index (κ3) is 2.74. The van der Waals surface area contributed by atoms with Gasteiger partial charge in [-0.3, -0.25) is 9.48 Å². The van der Waals surface area contributed by atoms with Gasteiger partial charge < -0.3 is 4.90 Å². The van der Waals surface area contributed by atoms with Crippen LogP contribution in [-0.4, -0.2) is 33.7 Å². The van der Waals surface area contributed by atoms with Gasteiger partial charge in [-0.15, -0.1) is 0 Å². The van der Waals surface area contributed by atoms with Crippen LogP contribution in [-0.2, 0) is 0 Å². The van der Waals surface area contributed by atoms with E-state index >= 15 is 0 Å². The topological polar surface area (TPSA) is 38.1 Å². The van der Waals surface area contributed by atoms with Crippen LogP contribution in [0, 0.1) is 11.8 Å². The summed E-state index contributed by atoms with van der Waals surface area (Å²) in [6.45, 7) is 6.21. The molecule has 1 saturated carbocycles. The van der Waals surface area contributed by atoms with Gasteiger partial charge in [0, 0.05) is 19.3 Å². The first-order chi connectivity index (χ1) is 9.63. The number of nitrogens with zero attached hydrogens (tertiary/aromatic N) is 3. The highest BCUT2D eigenvalue weighted by molar-refractivity contribution is 5.92. The minimum atomic E-state index is 0.111. The fourth-order valence-electron chi connectivity index (χ4n) is 3.82. The molecule has 1 aromatic heterocycles. The van der Waals surface area contributed by atoms with Gasteiger partial charge >= 0.3 is 0 Å². The van der Waals surface area contributed by atoms with E-state index < -0.39 is 0 Å². The third-order valence-electron chi connectivity index (χ3n) is 4.68. The fraction of sp³-hybridized carbons (Fsp3) is 0.750. The molecule has 2 fully saturated rings. The van der Waals surface area contributed by atoms with Crippen molar-refractivity contribution < 1.29 is 4.79 Å². The van der Waals surface area contributed by atoms with Crippen LogP contribution in [0.5, 0.6) is 0 Å². The van der Waals surface area contributed by atoms with Gasteiger partial charge in [0.05, 0.1) is 6.04 Å². The van der Waals surface area contributed by atoms with Crippen LogP contribution < -0.4 is 0 Å². The maximum Gasteiger partial charge on any atom is 0.274 e. The van der Waals surface area contributed by atoms with Crippen LogP contribution in [0.25, 0.3) is 0 Å². The Morgan fingerprint density at radius 3 is 2.50 bits per heavy atom.